The molecule has 0 unspecified atom stereocenters. The van der Waals surface area contributed by atoms with E-state index in [-0.39, 0.29) is 24.1 Å². The molecule has 0 aliphatic carbocycles. The second-order valence-corrected chi connectivity index (χ2v) is 6.93. The molecule has 0 saturated heterocycles. The van der Waals surface area contributed by atoms with Crippen LogP contribution >= 0.6 is 0 Å². The molecular weight excluding hydrogens is 397 g/mol. The van der Waals surface area contributed by atoms with E-state index in [1.54, 1.807) is 49.4 Å². The molecule has 3 rings (SSSR count). The first-order valence-electron chi connectivity index (χ1n) is 9.72. The van der Waals surface area contributed by atoms with Gasteiger partial charge in [-0.15, -0.1) is 0 Å². The lowest BCUT2D eigenvalue weighted by Crippen LogP contribution is -2.38. The molecule has 0 aromatic heterocycles. The van der Waals surface area contributed by atoms with Crippen LogP contribution in [0.4, 0.5) is 10.1 Å². The summed E-state index contributed by atoms with van der Waals surface area (Å²) in [7, 11) is 0. The first kappa shape index (κ1) is 21.7. The van der Waals surface area contributed by atoms with Crippen LogP contribution in [-0.2, 0) is 4.79 Å². The lowest BCUT2D eigenvalue weighted by molar-refractivity contribution is -0.120. The number of carbonyl (C=O) groups is 3. The SMILES string of the molecule is C[C@H](NC(=O)CNC(=O)c1cccc(F)c1)c1cccc(NC(=O)c2ccccc2)c1. The smallest absolute Gasteiger partial charge is 0.255 e. The Labute approximate surface area is 179 Å². The molecule has 0 radical (unpaired) electrons. The molecule has 158 valence electrons. The maximum absolute atomic E-state index is 13.2. The molecule has 0 aliphatic rings. The van der Waals surface area contributed by atoms with Gasteiger partial charge in [0.05, 0.1) is 12.6 Å². The van der Waals surface area contributed by atoms with E-state index in [9.17, 15) is 18.8 Å². The van der Waals surface area contributed by atoms with Crippen LogP contribution in [0.5, 0.6) is 0 Å². The summed E-state index contributed by atoms with van der Waals surface area (Å²) in [5, 5.41) is 8.08. The summed E-state index contributed by atoms with van der Waals surface area (Å²) in [4.78, 5) is 36.5. The van der Waals surface area contributed by atoms with Gasteiger partial charge in [-0.2, -0.15) is 0 Å². The number of anilines is 1. The van der Waals surface area contributed by atoms with Gasteiger partial charge in [-0.05, 0) is 55.0 Å². The highest BCUT2D eigenvalue weighted by Crippen LogP contribution is 2.18. The number of hydrogen-bond donors (Lipinski definition) is 3. The van der Waals surface area contributed by atoms with Gasteiger partial charge in [-0.25, -0.2) is 4.39 Å². The van der Waals surface area contributed by atoms with Crippen LogP contribution in [-0.4, -0.2) is 24.3 Å². The van der Waals surface area contributed by atoms with Crippen molar-refractivity contribution in [3.05, 3.63) is 101 Å². The average Bonchev–Trinajstić information content (AvgIpc) is 2.78. The summed E-state index contributed by atoms with van der Waals surface area (Å²) >= 11 is 0. The summed E-state index contributed by atoms with van der Waals surface area (Å²) in [6.45, 7) is 1.55. The van der Waals surface area contributed by atoms with E-state index in [1.807, 2.05) is 12.1 Å². The van der Waals surface area contributed by atoms with Gasteiger partial charge < -0.3 is 16.0 Å². The number of hydrogen-bond acceptors (Lipinski definition) is 3. The third-order valence-electron chi connectivity index (χ3n) is 4.55. The molecule has 1 atom stereocenters. The van der Waals surface area contributed by atoms with Crippen molar-refractivity contribution in [3.63, 3.8) is 0 Å². The van der Waals surface area contributed by atoms with Crippen LogP contribution in [0.1, 0.15) is 39.2 Å². The fourth-order valence-corrected chi connectivity index (χ4v) is 2.95. The molecule has 7 heteroatoms. The Kier molecular flexibility index (Phi) is 7.11. The maximum Gasteiger partial charge on any atom is 0.255 e. The van der Waals surface area contributed by atoms with Crippen molar-refractivity contribution in [2.24, 2.45) is 0 Å². The predicted molar refractivity (Wildman–Crippen MR) is 116 cm³/mol. The minimum atomic E-state index is -0.534. The number of carbonyl (C=O) groups excluding carboxylic acids is 3. The molecular formula is C24H22FN3O3. The molecule has 6 nitrogen and oxygen atoms in total. The van der Waals surface area contributed by atoms with E-state index in [2.05, 4.69) is 16.0 Å². The minimum Gasteiger partial charge on any atom is -0.348 e. The topological polar surface area (TPSA) is 87.3 Å². The Morgan fingerprint density at radius 1 is 0.839 bits per heavy atom. The van der Waals surface area contributed by atoms with Crippen molar-refractivity contribution >= 4 is 23.4 Å². The van der Waals surface area contributed by atoms with Gasteiger partial charge in [0.15, 0.2) is 0 Å². The van der Waals surface area contributed by atoms with Gasteiger partial charge in [-0.3, -0.25) is 14.4 Å². The van der Waals surface area contributed by atoms with E-state index in [4.69, 9.17) is 0 Å². The fourth-order valence-electron chi connectivity index (χ4n) is 2.95. The largest absolute Gasteiger partial charge is 0.348 e. The van der Waals surface area contributed by atoms with Crippen LogP contribution in [0.25, 0.3) is 0 Å². The number of halogens is 1. The van der Waals surface area contributed by atoms with E-state index in [1.165, 1.54) is 18.2 Å². The molecule has 3 amide bonds. The van der Waals surface area contributed by atoms with Gasteiger partial charge in [0.25, 0.3) is 11.8 Å². The molecule has 3 aromatic carbocycles. The number of rotatable bonds is 7. The van der Waals surface area contributed by atoms with Crippen molar-refractivity contribution in [2.75, 3.05) is 11.9 Å². The summed E-state index contributed by atoms with van der Waals surface area (Å²) in [6, 6.07) is 20.9. The van der Waals surface area contributed by atoms with Gasteiger partial charge in [0, 0.05) is 16.8 Å². The molecule has 3 N–H and O–H groups in total. The molecule has 3 aromatic rings. The highest BCUT2D eigenvalue weighted by Gasteiger charge is 2.13. The van der Waals surface area contributed by atoms with E-state index < -0.39 is 17.6 Å². The predicted octanol–water partition coefficient (Wildman–Crippen LogP) is 3.69. The normalized spacial score (nSPS) is 11.3. The zero-order valence-corrected chi connectivity index (χ0v) is 16.9. The average molecular weight is 419 g/mol. The van der Waals surface area contributed by atoms with Gasteiger partial charge in [0.1, 0.15) is 5.82 Å². The number of nitrogens with one attached hydrogen (secondary N) is 3. The second-order valence-electron chi connectivity index (χ2n) is 6.93. The summed E-state index contributed by atoms with van der Waals surface area (Å²) in [5.74, 6) is -1.68. The van der Waals surface area contributed by atoms with E-state index in [0.29, 0.717) is 11.3 Å². The Hall–Kier alpha value is -4.00. The van der Waals surface area contributed by atoms with Crippen LogP contribution in [0.3, 0.4) is 0 Å². The standard InChI is InChI=1S/C24H22FN3O3/c1-16(27-22(29)15-26-23(30)19-10-5-11-20(25)13-19)18-9-6-12-21(14-18)28-24(31)17-7-3-2-4-8-17/h2-14,16H,15H2,1H3,(H,26,30)(H,27,29)(H,28,31)/t16-/m0/s1. The van der Waals surface area contributed by atoms with E-state index >= 15 is 0 Å². The third kappa shape index (κ3) is 6.24. The van der Waals surface area contributed by atoms with Crippen molar-refractivity contribution in [3.8, 4) is 0 Å². The van der Waals surface area contributed by atoms with Gasteiger partial charge in [0.2, 0.25) is 5.91 Å². The lowest BCUT2D eigenvalue weighted by Gasteiger charge is -2.16. The molecule has 0 bridgehead atoms. The Morgan fingerprint density at radius 2 is 1.55 bits per heavy atom. The Morgan fingerprint density at radius 3 is 2.29 bits per heavy atom. The zero-order chi connectivity index (χ0) is 22.2. The molecule has 0 saturated carbocycles. The van der Waals surface area contributed by atoms with Crippen LogP contribution in [0.2, 0.25) is 0 Å². The molecule has 0 heterocycles. The number of benzene rings is 3. The molecule has 0 aliphatic heterocycles. The number of amides is 3. The van der Waals surface area contributed by atoms with E-state index in [0.717, 1.165) is 11.6 Å². The Balaban J connectivity index is 1.54. The van der Waals surface area contributed by atoms with Gasteiger partial charge >= 0.3 is 0 Å². The van der Waals surface area contributed by atoms with Crippen molar-refractivity contribution in [2.45, 2.75) is 13.0 Å². The lowest BCUT2D eigenvalue weighted by atomic mass is 10.1. The van der Waals surface area contributed by atoms with Crippen molar-refractivity contribution in [1.82, 2.24) is 10.6 Å². The maximum atomic E-state index is 13.2. The summed E-state index contributed by atoms with van der Waals surface area (Å²) in [5.41, 5.74) is 2.08. The zero-order valence-electron chi connectivity index (χ0n) is 16.9. The summed E-state index contributed by atoms with van der Waals surface area (Å²) in [6.07, 6.45) is 0. The Bertz CT molecular complexity index is 1090. The van der Waals surface area contributed by atoms with Gasteiger partial charge in [-0.1, -0.05) is 36.4 Å². The second kappa shape index (κ2) is 10.2. The monoisotopic (exact) mass is 419 g/mol. The van der Waals surface area contributed by atoms with Crippen LogP contribution in [0, 0.1) is 5.82 Å². The highest BCUT2D eigenvalue weighted by molar-refractivity contribution is 6.04. The molecule has 0 fully saturated rings. The highest BCUT2D eigenvalue weighted by atomic mass is 19.1. The van der Waals surface area contributed by atoms with Crippen LogP contribution in [0.15, 0.2) is 78.9 Å². The third-order valence-corrected chi connectivity index (χ3v) is 4.55. The van der Waals surface area contributed by atoms with Crippen molar-refractivity contribution < 1.29 is 18.8 Å². The summed E-state index contributed by atoms with van der Waals surface area (Å²) < 4.78 is 13.2. The first-order chi connectivity index (χ1) is 14.9. The molecule has 31 heavy (non-hydrogen) atoms. The minimum absolute atomic E-state index is 0.141. The quantitative estimate of drug-likeness (QED) is 0.546. The van der Waals surface area contributed by atoms with Crippen LogP contribution < -0.4 is 16.0 Å². The fraction of sp³-hybridized carbons (Fsp3) is 0.125. The molecule has 0 spiro atoms. The van der Waals surface area contributed by atoms with Crippen molar-refractivity contribution in [1.29, 1.82) is 0 Å². The first-order valence-corrected chi connectivity index (χ1v) is 9.72.